The topological polar surface area (TPSA) is 79.2 Å². The van der Waals surface area contributed by atoms with Gasteiger partial charge in [0.25, 0.3) is 0 Å². The second-order valence-electron chi connectivity index (χ2n) is 6.62. The molecule has 1 amide bonds. The molecule has 0 unspecified atom stereocenters. The average Bonchev–Trinajstić information content (AvgIpc) is 2.51. The van der Waals surface area contributed by atoms with Crippen molar-refractivity contribution in [2.24, 2.45) is 0 Å². The first-order chi connectivity index (χ1) is 11.2. The Morgan fingerprint density at radius 1 is 1.25 bits per heavy atom. The molecular formula is C18H24N2O3Si. The van der Waals surface area contributed by atoms with Gasteiger partial charge in [0.1, 0.15) is 11.6 Å². The first-order valence-electron chi connectivity index (χ1n) is 7.94. The van der Waals surface area contributed by atoms with E-state index in [0.717, 1.165) is 6.04 Å². The molecule has 24 heavy (non-hydrogen) atoms. The molecule has 1 rings (SSSR count). The lowest BCUT2D eigenvalue weighted by Crippen LogP contribution is -2.22. The molecule has 0 heterocycles. The SMILES string of the molecule is CCOC(=O)C(C#N)=Cc1ccc(NC(=O)CC[Si](C)(C)C)cc1. The number of carbonyl (C=O) groups excluding carboxylic acids is 2. The first kappa shape index (κ1) is 19.7. The normalized spacial score (nSPS) is 11.5. The lowest BCUT2D eigenvalue weighted by atomic mass is 10.1. The molecule has 128 valence electrons. The van der Waals surface area contributed by atoms with E-state index in [9.17, 15) is 9.59 Å². The van der Waals surface area contributed by atoms with Crippen molar-refractivity contribution in [3.8, 4) is 6.07 Å². The molecule has 0 spiro atoms. The van der Waals surface area contributed by atoms with Gasteiger partial charge in [-0.05, 0) is 36.7 Å². The number of hydrogen-bond acceptors (Lipinski definition) is 4. The number of anilines is 1. The van der Waals surface area contributed by atoms with Crippen LogP contribution < -0.4 is 5.32 Å². The highest BCUT2D eigenvalue weighted by molar-refractivity contribution is 6.76. The van der Waals surface area contributed by atoms with Crippen molar-refractivity contribution in [1.29, 1.82) is 5.26 Å². The molecule has 1 aromatic carbocycles. The summed E-state index contributed by atoms with van der Waals surface area (Å²) in [5, 5.41) is 11.9. The van der Waals surface area contributed by atoms with Crippen LogP contribution in [0.4, 0.5) is 5.69 Å². The van der Waals surface area contributed by atoms with Gasteiger partial charge in [0.2, 0.25) is 5.91 Å². The highest BCUT2D eigenvalue weighted by atomic mass is 28.3. The fourth-order valence-electron chi connectivity index (χ4n) is 1.89. The van der Waals surface area contributed by atoms with Gasteiger partial charge in [0, 0.05) is 20.2 Å². The summed E-state index contributed by atoms with van der Waals surface area (Å²) in [7, 11) is -1.23. The molecule has 6 heteroatoms. The Bertz CT molecular complexity index is 652. The van der Waals surface area contributed by atoms with Gasteiger partial charge in [-0.2, -0.15) is 5.26 Å². The van der Waals surface area contributed by atoms with Crippen molar-refractivity contribution >= 4 is 31.7 Å². The van der Waals surface area contributed by atoms with E-state index in [0.29, 0.717) is 17.7 Å². The van der Waals surface area contributed by atoms with Crippen LogP contribution in [0.2, 0.25) is 25.7 Å². The van der Waals surface area contributed by atoms with E-state index in [4.69, 9.17) is 10.00 Å². The van der Waals surface area contributed by atoms with Gasteiger partial charge in [-0.25, -0.2) is 4.79 Å². The number of nitrogens with zero attached hydrogens (tertiary/aromatic N) is 1. The van der Waals surface area contributed by atoms with Crippen molar-refractivity contribution in [2.45, 2.75) is 39.0 Å². The number of amides is 1. The van der Waals surface area contributed by atoms with Gasteiger partial charge in [-0.15, -0.1) is 0 Å². The van der Waals surface area contributed by atoms with Crippen LogP contribution in [0.25, 0.3) is 6.08 Å². The Morgan fingerprint density at radius 3 is 2.38 bits per heavy atom. The summed E-state index contributed by atoms with van der Waals surface area (Å²) >= 11 is 0. The van der Waals surface area contributed by atoms with Crippen molar-refractivity contribution in [2.75, 3.05) is 11.9 Å². The van der Waals surface area contributed by atoms with Gasteiger partial charge in [0.05, 0.1) is 6.61 Å². The van der Waals surface area contributed by atoms with Crippen LogP contribution in [-0.4, -0.2) is 26.6 Å². The molecule has 0 saturated heterocycles. The van der Waals surface area contributed by atoms with E-state index in [-0.39, 0.29) is 18.1 Å². The van der Waals surface area contributed by atoms with Gasteiger partial charge >= 0.3 is 5.97 Å². The number of ether oxygens (including phenoxy) is 1. The molecule has 5 nitrogen and oxygen atoms in total. The largest absolute Gasteiger partial charge is 0.462 e. The fraction of sp³-hybridized carbons (Fsp3) is 0.389. The Kier molecular flexibility index (Phi) is 7.40. The quantitative estimate of drug-likeness (QED) is 0.353. The minimum atomic E-state index is -1.23. The summed E-state index contributed by atoms with van der Waals surface area (Å²) in [5.41, 5.74) is 1.34. The van der Waals surface area contributed by atoms with E-state index in [1.165, 1.54) is 6.08 Å². The van der Waals surface area contributed by atoms with Crippen molar-refractivity contribution < 1.29 is 14.3 Å². The Balaban J connectivity index is 2.70. The van der Waals surface area contributed by atoms with Gasteiger partial charge in [-0.3, -0.25) is 4.79 Å². The lowest BCUT2D eigenvalue weighted by molar-refractivity contribution is -0.137. The fourth-order valence-corrected chi connectivity index (χ4v) is 2.86. The van der Waals surface area contributed by atoms with Crippen LogP contribution in [0.1, 0.15) is 18.9 Å². The molecule has 0 aromatic heterocycles. The molecule has 0 aliphatic carbocycles. The van der Waals surface area contributed by atoms with Gasteiger partial charge in [-0.1, -0.05) is 31.8 Å². The molecule has 0 saturated carbocycles. The standard InChI is InChI=1S/C18H24N2O3Si/c1-5-23-18(22)15(13-19)12-14-6-8-16(9-7-14)20-17(21)10-11-24(2,3)4/h6-9,12H,5,10-11H2,1-4H3,(H,20,21). The molecule has 1 aromatic rings. The first-order valence-corrected chi connectivity index (χ1v) is 11.6. The predicted octanol–water partition coefficient (Wildman–Crippen LogP) is 3.82. The highest BCUT2D eigenvalue weighted by Crippen LogP contribution is 2.15. The van der Waals surface area contributed by atoms with E-state index in [1.807, 2.05) is 6.07 Å². The average molecular weight is 344 g/mol. The second-order valence-corrected chi connectivity index (χ2v) is 12.2. The van der Waals surface area contributed by atoms with E-state index >= 15 is 0 Å². The van der Waals surface area contributed by atoms with Crippen LogP contribution in [-0.2, 0) is 14.3 Å². The van der Waals surface area contributed by atoms with Crippen LogP contribution in [0.3, 0.4) is 0 Å². The number of carbonyl (C=O) groups is 2. The Morgan fingerprint density at radius 2 is 1.88 bits per heavy atom. The van der Waals surface area contributed by atoms with E-state index in [2.05, 4.69) is 25.0 Å². The summed E-state index contributed by atoms with van der Waals surface area (Å²) in [5.74, 6) is -0.631. The second kappa shape index (κ2) is 9.04. The number of rotatable bonds is 7. The van der Waals surface area contributed by atoms with Crippen LogP contribution in [0.5, 0.6) is 0 Å². The number of hydrogen-bond donors (Lipinski definition) is 1. The molecule has 0 aliphatic rings. The number of esters is 1. The number of nitriles is 1. The smallest absolute Gasteiger partial charge is 0.348 e. The maximum atomic E-state index is 11.9. The minimum absolute atomic E-state index is 0.00459. The monoisotopic (exact) mass is 344 g/mol. The van der Waals surface area contributed by atoms with Crippen LogP contribution in [0, 0.1) is 11.3 Å². The van der Waals surface area contributed by atoms with Crippen molar-refractivity contribution in [3.63, 3.8) is 0 Å². The summed E-state index contributed by atoms with van der Waals surface area (Å²) in [4.78, 5) is 23.5. The summed E-state index contributed by atoms with van der Waals surface area (Å²) in [6.07, 6.45) is 1.99. The van der Waals surface area contributed by atoms with Gasteiger partial charge < -0.3 is 10.1 Å². The van der Waals surface area contributed by atoms with E-state index in [1.54, 1.807) is 31.2 Å². The zero-order chi connectivity index (χ0) is 18.2. The summed E-state index contributed by atoms with van der Waals surface area (Å²) in [6, 6.07) is 9.76. The maximum absolute atomic E-state index is 11.9. The van der Waals surface area contributed by atoms with Crippen molar-refractivity contribution in [1.82, 2.24) is 0 Å². The zero-order valence-corrected chi connectivity index (χ0v) is 15.7. The highest BCUT2D eigenvalue weighted by Gasteiger charge is 2.15. The number of nitrogens with one attached hydrogen (secondary N) is 1. The predicted molar refractivity (Wildman–Crippen MR) is 98.1 cm³/mol. The zero-order valence-electron chi connectivity index (χ0n) is 14.7. The molecule has 0 atom stereocenters. The summed E-state index contributed by atoms with van der Waals surface area (Å²) < 4.78 is 4.81. The summed E-state index contributed by atoms with van der Waals surface area (Å²) in [6.45, 7) is 8.61. The van der Waals surface area contributed by atoms with E-state index < -0.39 is 14.0 Å². The molecule has 0 radical (unpaired) electrons. The number of benzene rings is 1. The van der Waals surface area contributed by atoms with Crippen LogP contribution in [0.15, 0.2) is 29.8 Å². The third-order valence-electron chi connectivity index (χ3n) is 3.22. The molecular weight excluding hydrogens is 320 g/mol. The van der Waals surface area contributed by atoms with Crippen molar-refractivity contribution in [3.05, 3.63) is 35.4 Å². The Labute approximate surface area is 144 Å². The van der Waals surface area contributed by atoms with Gasteiger partial charge in [0.15, 0.2) is 0 Å². The minimum Gasteiger partial charge on any atom is -0.462 e. The molecule has 0 fully saturated rings. The molecule has 0 aliphatic heterocycles. The lowest BCUT2D eigenvalue weighted by Gasteiger charge is -2.15. The Hall–Kier alpha value is -2.39. The third-order valence-corrected chi connectivity index (χ3v) is 4.97. The maximum Gasteiger partial charge on any atom is 0.348 e. The third kappa shape index (κ3) is 7.25. The van der Waals surface area contributed by atoms with Crippen LogP contribution >= 0.6 is 0 Å². The molecule has 1 N–H and O–H groups in total. The molecule has 0 bridgehead atoms.